The van der Waals surface area contributed by atoms with Gasteiger partial charge in [0.25, 0.3) is 0 Å². The lowest BCUT2D eigenvalue weighted by atomic mass is 10.1. The highest BCUT2D eigenvalue weighted by Crippen LogP contribution is 2.32. The number of Topliss-reactive ketones (excluding diaryl/α,β-unsaturated/α-hetero) is 1. The number of ketones is 1. The number of aromatic nitrogens is 5. The lowest BCUT2D eigenvalue weighted by molar-refractivity contribution is 0.101. The predicted molar refractivity (Wildman–Crippen MR) is 104 cm³/mol. The molecule has 27 heavy (non-hydrogen) atoms. The molecule has 0 aliphatic rings. The van der Waals surface area contributed by atoms with Gasteiger partial charge in [-0.25, -0.2) is 14.6 Å². The molecule has 0 radical (unpaired) electrons. The van der Waals surface area contributed by atoms with Crippen LogP contribution >= 0.6 is 11.6 Å². The molecular formula is C19H15ClN6O. The highest BCUT2D eigenvalue weighted by Gasteiger charge is 2.19. The smallest absolute Gasteiger partial charge is 0.182 e. The molecular weight excluding hydrogens is 364 g/mol. The molecule has 3 aromatic heterocycles. The van der Waals surface area contributed by atoms with Crippen LogP contribution in [0, 0.1) is 6.92 Å². The molecule has 0 spiro atoms. The minimum atomic E-state index is -0.266. The van der Waals surface area contributed by atoms with E-state index in [1.807, 2.05) is 31.2 Å². The van der Waals surface area contributed by atoms with Gasteiger partial charge in [0, 0.05) is 30.3 Å². The first-order valence-corrected chi connectivity index (χ1v) is 8.57. The molecule has 0 saturated carbocycles. The van der Waals surface area contributed by atoms with Crippen molar-refractivity contribution in [2.75, 3.05) is 5.73 Å². The molecule has 0 aliphatic heterocycles. The van der Waals surface area contributed by atoms with E-state index >= 15 is 0 Å². The third-order valence-corrected chi connectivity index (χ3v) is 4.40. The number of rotatable bonds is 3. The number of pyridine rings is 1. The van der Waals surface area contributed by atoms with Crippen molar-refractivity contribution < 1.29 is 4.79 Å². The number of carbonyl (C=O) groups is 1. The number of carbonyl (C=O) groups excluding carboxylic acids is 1. The molecule has 3 heterocycles. The normalized spacial score (nSPS) is 11.1. The summed E-state index contributed by atoms with van der Waals surface area (Å²) in [7, 11) is 0. The van der Waals surface area contributed by atoms with Gasteiger partial charge in [0.2, 0.25) is 0 Å². The third-order valence-electron chi connectivity index (χ3n) is 4.11. The van der Waals surface area contributed by atoms with E-state index < -0.39 is 0 Å². The number of fused-ring (bicyclic) bond motifs is 1. The standard InChI is InChI=1S/C19H15ClN6O/c1-10-5-7-26(25-10)19-17(23-15(11(2)27)18(21)24-19)13-8-12-4-3-6-22-16(12)14(20)9-13/h3-9H,1-2H3,(H2,21,24). The van der Waals surface area contributed by atoms with Crippen LogP contribution < -0.4 is 5.73 Å². The van der Waals surface area contributed by atoms with E-state index in [0.29, 0.717) is 27.6 Å². The van der Waals surface area contributed by atoms with Crippen LogP contribution in [0.1, 0.15) is 23.1 Å². The minimum Gasteiger partial charge on any atom is -0.382 e. The summed E-state index contributed by atoms with van der Waals surface area (Å²) in [6, 6.07) is 9.23. The summed E-state index contributed by atoms with van der Waals surface area (Å²) in [4.78, 5) is 25.1. The molecule has 134 valence electrons. The molecule has 4 rings (SSSR count). The lowest BCUT2D eigenvalue weighted by Crippen LogP contribution is -2.12. The fourth-order valence-electron chi connectivity index (χ4n) is 2.87. The quantitative estimate of drug-likeness (QED) is 0.546. The summed E-state index contributed by atoms with van der Waals surface area (Å²) in [5, 5.41) is 5.73. The van der Waals surface area contributed by atoms with Crippen molar-refractivity contribution in [2.24, 2.45) is 0 Å². The second kappa shape index (κ2) is 6.44. The van der Waals surface area contributed by atoms with Crippen LogP contribution in [0.2, 0.25) is 5.02 Å². The van der Waals surface area contributed by atoms with Crippen LogP contribution in [-0.4, -0.2) is 30.5 Å². The number of hydrogen-bond donors (Lipinski definition) is 1. The molecule has 8 heteroatoms. The van der Waals surface area contributed by atoms with Crippen LogP contribution in [-0.2, 0) is 0 Å². The maximum absolute atomic E-state index is 11.9. The average molecular weight is 379 g/mol. The molecule has 4 aromatic rings. The first kappa shape index (κ1) is 17.1. The van der Waals surface area contributed by atoms with Gasteiger partial charge in [-0.05, 0) is 31.2 Å². The van der Waals surface area contributed by atoms with E-state index in [1.165, 1.54) is 6.92 Å². The predicted octanol–water partition coefficient (Wildman–Crippen LogP) is 3.62. The molecule has 0 atom stereocenters. The SMILES string of the molecule is CC(=O)c1nc(-c2cc(Cl)c3ncccc3c2)c(-n2ccc(C)n2)nc1N. The molecule has 2 N–H and O–H groups in total. The van der Waals surface area contributed by atoms with Crippen molar-refractivity contribution in [3.05, 3.63) is 59.1 Å². The minimum absolute atomic E-state index is 0.0583. The van der Waals surface area contributed by atoms with Gasteiger partial charge in [-0.1, -0.05) is 17.7 Å². The molecule has 1 aromatic carbocycles. The van der Waals surface area contributed by atoms with Crippen molar-refractivity contribution in [1.29, 1.82) is 0 Å². The summed E-state index contributed by atoms with van der Waals surface area (Å²) >= 11 is 6.42. The van der Waals surface area contributed by atoms with Gasteiger partial charge in [0.05, 0.1) is 16.2 Å². The van der Waals surface area contributed by atoms with Gasteiger partial charge < -0.3 is 5.73 Å². The van der Waals surface area contributed by atoms with Crippen molar-refractivity contribution in [3.8, 4) is 17.1 Å². The second-order valence-corrected chi connectivity index (χ2v) is 6.53. The zero-order valence-corrected chi connectivity index (χ0v) is 15.4. The van der Waals surface area contributed by atoms with E-state index in [2.05, 4.69) is 20.1 Å². The summed E-state index contributed by atoms with van der Waals surface area (Å²) in [6.07, 6.45) is 3.45. The van der Waals surface area contributed by atoms with Gasteiger partial charge in [-0.3, -0.25) is 9.78 Å². The number of benzene rings is 1. The van der Waals surface area contributed by atoms with Crippen molar-refractivity contribution in [2.45, 2.75) is 13.8 Å². The van der Waals surface area contributed by atoms with Crippen molar-refractivity contribution in [1.82, 2.24) is 24.7 Å². The van der Waals surface area contributed by atoms with Crippen LogP contribution in [0.15, 0.2) is 42.7 Å². The Morgan fingerprint density at radius 1 is 1.22 bits per heavy atom. The van der Waals surface area contributed by atoms with E-state index in [1.54, 1.807) is 23.1 Å². The second-order valence-electron chi connectivity index (χ2n) is 6.12. The topological polar surface area (TPSA) is 99.6 Å². The Morgan fingerprint density at radius 2 is 2.04 bits per heavy atom. The lowest BCUT2D eigenvalue weighted by Gasteiger charge is -2.12. The maximum Gasteiger partial charge on any atom is 0.182 e. The van der Waals surface area contributed by atoms with Gasteiger partial charge in [-0.2, -0.15) is 5.10 Å². The Morgan fingerprint density at radius 3 is 2.74 bits per heavy atom. The van der Waals surface area contributed by atoms with Gasteiger partial charge in [-0.15, -0.1) is 0 Å². The summed E-state index contributed by atoms with van der Waals surface area (Å²) in [5.41, 5.74) is 8.74. The Kier molecular flexibility index (Phi) is 4.08. The Hall–Kier alpha value is -3.32. The van der Waals surface area contributed by atoms with E-state index in [4.69, 9.17) is 17.3 Å². The van der Waals surface area contributed by atoms with Crippen molar-refractivity contribution >= 4 is 34.1 Å². The Bertz CT molecular complexity index is 1200. The number of nitrogen functional groups attached to an aromatic ring is 1. The highest BCUT2D eigenvalue weighted by molar-refractivity contribution is 6.35. The number of anilines is 1. The third kappa shape index (κ3) is 3.02. The average Bonchev–Trinajstić information content (AvgIpc) is 3.07. The number of nitrogens with zero attached hydrogens (tertiary/aromatic N) is 5. The van der Waals surface area contributed by atoms with Crippen LogP contribution in [0.3, 0.4) is 0 Å². The zero-order valence-electron chi connectivity index (χ0n) is 14.6. The zero-order chi connectivity index (χ0) is 19.1. The number of halogens is 1. The largest absolute Gasteiger partial charge is 0.382 e. The molecule has 0 fully saturated rings. The summed E-state index contributed by atoms with van der Waals surface area (Å²) in [6.45, 7) is 3.27. The summed E-state index contributed by atoms with van der Waals surface area (Å²) < 4.78 is 1.58. The number of aryl methyl sites for hydroxylation is 1. The summed E-state index contributed by atoms with van der Waals surface area (Å²) in [5.74, 6) is 0.214. The fraction of sp³-hybridized carbons (Fsp3) is 0.105. The fourth-order valence-corrected chi connectivity index (χ4v) is 3.14. The Balaban J connectivity index is 2.03. The van der Waals surface area contributed by atoms with E-state index in [-0.39, 0.29) is 17.3 Å². The maximum atomic E-state index is 11.9. The molecule has 0 unspecified atom stereocenters. The van der Waals surface area contributed by atoms with Crippen LogP contribution in [0.5, 0.6) is 0 Å². The van der Waals surface area contributed by atoms with E-state index in [0.717, 1.165) is 11.1 Å². The monoisotopic (exact) mass is 378 g/mol. The Labute approximate surface area is 159 Å². The first-order chi connectivity index (χ1) is 12.9. The van der Waals surface area contributed by atoms with Crippen molar-refractivity contribution in [3.63, 3.8) is 0 Å². The number of hydrogen-bond acceptors (Lipinski definition) is 6. The number of nitrogens with two attached hydrogens (primary N) is 1. The van der Waals surface area contributed by atoms with Gasteiger partial charge >= 0.3 is 0 Å². The first-order valence-electron chi connectivity index (χ1n) is 8.20. The molecule has 0 saturated heterocycles. The van der Waals surface area contributed by atoms with Gasteiger partial charge in [0.1, 0.15) is 11.4 Å². The molecule has 0 aliphatic carbocycles. The van der Waals surface area contributed by atoms with Gasteiger partial charge in [0.15, 0.2) is 17.4 Å². The van der Waals surface area contributed by atoms with Crippen LogP contribution in [0.4, 0.5) is 5.82 Å². The van der Waals surface area contributed by atoms with Crippen LogP contribution in [0.25, 0.3) is 28.0 Å². The molecule has 0 amide bonds. The van der Waals surface area contributed by atoms with E-state index in [9.17, 15) is 4.79 Å². The molecule has 7 nitrogen and oxygen atoms in total. The molecule has 0 bridgehead atoms. The highest BCUT2D eigenvalue weighted by atomic mass is 35.5.